The van der Waals surface area contributed by atoms with Crippen molar-refractivity contribution < 1.29 is 4.42 Å². The molecule has 4 nitrogen and oxygen atoms in total. The lowest BCUT2D eigenvalue weighted by molar-refractivity contribution is 0.507. The van der Waals surface area contributed by atoms with Crippen LogP contribution < -0.4 is 10.6 Å². The van der Waals surface area contributed by atoms with Crippen LogP contribution in [0.3, 0.4) is 0 Å². The summed E-state index contributed by atoms with van der Waals surface area (Å²) < 4.78 is 5.31. The molecule has 0 fully saturated rings. The van der Waals surface area contributed by atoms with Gasteiger partial charge in [-0.15, -0.1) is 0 Å². The fourth-order valence-electron chi connectivity index (χ4n) is 1.64. The number of hydrogen-bond donors (Lipinski definition) is 1. The summed E-state index contributed by atoms with van der Waals surface area (Å²) in [5.74, 6) is 1.82. The number of nitrogens with two attached hydrogens (primary N) is 1. The fourth-order valence-corrected chi connectivity index (χ4v) is 1.64. The van der Waals surface area contributed by atoms with Gasteiger partial charge in [0.2, 0.25) is 0 Å². The van der Waals surface area contributed by atoms with Crippen LogP contribution in [0.5, 0.6) is 0 Å². The van der Waals surface area contributed by atoms with Crippen molar-refractivity contribution in [1.29, 1.82) is 0 Å². The number of rotatable bonds is 4. The molecule has 0 aliphatic carbocycles. The monoisotopic (exact) mass is 231 g/mol. The van der Waals surface area contributed by atoms with Gasteiger partial charge in [0, 0.05) is 19.3 Å². The van der Waals surface area contributed by atoms with Gasteiger partial charge in [-0.2, -0.15) is 0 Å². The van der Waals surface area contributed by atoms with E-state index in [0.717, 1.165) is 17.1 Å². The molecule has 0 radical (unpaired) electrons. The molecule has 0 aromatic carbocycles. The Hall–Kier alpha value is -1.81. The van der Waals surface area contributed by atoms with Gasteiger partial charge in [0.1, 0.15) is 11.6 Å². The molecule has 4 heteroatoms. The second kappa shape index (κ2) is 5.01. The molecule has 2 N–H and O–H groups in total. The van der Waals surface area contributed by atoms with E-state index in [1.807, 2.05) is 43.1 Å². The average molecular weight is 231 g/mol. The average Bonchev–Trinajstić information content (AvgIpc) is 2.82. The molecule has 0 aliphatic rings. The quantitative estimate of drug-likeness (QED) is 0.877. The van der Waals surface area contributed by atoms with E-state index < -0.39 is 0 Å². The predicted molar refractivity (Wildman–Crippen MR) is 67.7 cm³/mol. The number of aromatic nitrogens is 1. The fraction of sp³-hybridized carbons (Fsp3) is 0.308. The third-order valence-corrected chi connectivity index (χ3v) is 2.66. The molecule has 0 spiro atoms. The van der Waals surface area contributed by atoms with Crippen LogP contribution in [0.1, 0.15) is 24.3 Å². The van der Waals surface area contributed by atoms with Gasteiger partial charge in [-0.1, -0.05) is 0 Å². The summed E-state index contributed by atoms with van der Waals surface area (Å²) in [6.45, 7) is 2.66. The maximum Gasteiger partial charge on any atom is 0.128 e. The van der Waals surface area contributed by atoms with E-state index >= 15 is 0 Å². The standard InChI is InChI=1S/C13H17N3O/c1-10(14)11-5-6-15-13(8-11)16(2)9-12-4-3-7-17-12/h3-8,10H,9,14H2,1-2H3/t10-/m0/s1. The molecule has 17 heavy (non-hydrogen) atoms. The molecule has 2 rings (SSSR count). The molecule has 0 amide bonds. The van der Waals surface area contributed by atoms with Gasteiger partial charge in [-0.25, -0.2) is 4.98 Å². The smallest absolute Gasteiger partial charge is 0.128 e. The van der Waals surface area contributed by atoms with Crippen LogP contribution in [-0.2, 0) is 6.54 Å². The van der Waals surface area contributed by atoms with E-state index in [1.54, 1.807) is 12.5 Å². The normalized spacial score (nSPS) is 12.4. The molecule has 0 saturated carbocycles. The van der Waals surface area contributed by atoms with Crippen molar-refractivity contribution in [3.63, 3.8) is 0 Å². The van der Waals surface area contributed by atoms with Crippen molar-refractivity contribution >= 4 is 5.82 Å². The van der Waals surface area contributed by atoms with Gasteiger partial charge in [-0.05, 0) is 36.8 Å². The Morgan fingerprint density at radius 1 is 1.47 bits per heavy atom. The van der Waals surface area contributed by atoms with Gasteiger partial charge in [-0.3, -0.25) is 0 Å². The van der Waals surface area contributed by atoms with E-state index in [2.05, 4.69) is 4.98 Å². The minimum Gasteiger partial charge on any atom is -0.467 e. The van der Waals surface area contributed by atoms with Crippen LogP contribution in [0, 0.1) is 0 Å². The predicted octanol–water partition coefficient (Wildman–Crippen LogP) is 2.33. The van der Waals surface area contributed by atoms with Crippen LogP contribution in [0.15, 0.2) is 41.1 Å². The number of hydrogen-bond acceptors (Lipinski definition) is 4. The second-order valence-electron chi connectivity index (χ2n) is 4.17. The zero-order valence-electron chi connectivity index (χ0n) is 10.1. The summed E-state index contributed by atoms with van der Waals surface area (Å²) in [6, 6.07) is 7.80. The zero-order valence-corrected chi connectivity index (χ0v) is 10.1. The third kappa shape index (κ3) is 2.85. The van der Waals surface area contributed by atoms with Gasteiger partial charge < -0.3 is 15.1 Å². The van der Waals surface area contributed by atoms with E-state index in [4.69, 9.17) is 10.2 Å². The summed E-state index contributed by atoms with van der Waals surface area (Å²) in [5, 5.41) is 0. The molecule has 2 heterocycles. The molecule has 2 aromatic heterocycles. The zero-order chi connectivity index (χ0) is 12.3. The summed E-state index contributed by atoms with van der Waals surface area (Å²) in [7, 11) is 1.98. The first-order valence-corrected chi connectivity index (χ1v) is 5.62. The first-order chi connectivity index (χ1) is 8.16. The summed E-state index contributed by atoms with van der Waals surface area (Å²) >= 11 is 0. The number of pyridine rings is 1. The summed E-state index contributed by atoms with van der Waals surface area (Å²) in [6.07, 6.45) is 3.46. The Balaban J connectivity index is 2.13. The highest BCUT2D eigenvalue weighted by atomic mass is 16.3. The van der Waals surface area contributed by atoms with Gasteiger partial charge in [0.25, 0.3) is 0 Å². The maximum absolute atomic E-state index is 5.85. The summed E-state index contributed by atoms with van der Waals surface area (Å²) in [4.78, 5) is 6.36. The van der Waals surface area contributed by atoms with E-state index in [0.29, 0.717) is 6.54 Å². The maximum atomic E-state index is 5.85. The van der Waals surface area contributed by atoms with Crippen LogP contribution in [0.4, 0.5) is 5.82 Å². The van der Waals surface area contributed by atoms with Crippen molar-refractivity contribution in [2.75, 3.05) is 11.9 Å². The van der Waals surface area contributed by atoms with Crippen molar-refractivity contribution in [2.45, 2.75) is 19.5 Å². The molecule has 90 valence electrons. The molecule has 0 bridgehead atoms. The van der Waals surface area contributed by atoms with Crippen molar-refractivity contribution in [3.8, 4) is 0 Å². The molecular formula is C13H17N3O. The highest BCUT2D eigenvalue weighted by Gasteiger charge is 2.07. The lowest BCUT2D eigenvalue weighted by atomic mass is 10.1. The lowest BCUT2D eigenvalue weighted by Gasteiger charge is -2.18. The van der Waals surface area contributed by atoms with Gasteiger partial charge in [0.15, 0.2) is 0 Å². The Morgan fingerprint density at radius 2 is 2.29 bits per heavy atom. The van der Waals surface area contributed by atoms with E-state index in [1.165, 1.54) is 0 Å². The lowest BCUT2D eigenvalue weighted by Crippen LogP contribution is -2.18. The number of nitrogens with zero attached hydrogens (tertiary/aromatic N) is 2. The Kier molecular flexibility index (Phi) is 3.44. The van der Waals surface area contributed by atoms with Crippen molar-refractivity contribution in [3.05, 3.63) is 48.0 Å². The largest absolute Gasteiger partial charge is 0.467 e. The second-order valence-corrected chi connectivity index (χ2v) is 4.17. The first kappa shape index (κ1) is 11.7. The third-order valence-electron chi connectivity index (χ3n) is 2.66. The van der Waals surface area contributed by atoms with E-state index in [-0.39, 0.29) is 6.04 Å². The van der Waals surface area contributed by atoms with Crippen molar-refractivity contribution in [2.24, 2.45) is 5.73 Å². The molecule has 0 unspecified atom stereocenters. The number of anilines is 1. The minimum absolute atomic E-state index is 0.0220. The first-order valence-electron chi connectivity index (χ1n) is 5.62. The topological polar surface area (TPSA) is 55.3 Å². The van der Waals surface area contributed by atoms with Crippen LogP contribution in [0.25, 0.3) is 0 Å². The Bertz CT molecular complexity index is 465. The molecular weight excluding hydrogens is 214 g/mol. The molecule has 0 saturated heterocycles. The van der Waals surface area contributed by atoms with Crippen LogP contribution in [-0.4, -0.2) is 12.0 Å². The van der Waals surface area contributed by atoms with Crippen LogP contribution in [0.2, 0.25) is 0 Å². The highest BCUT2D eigenvalue weighted by Crippen LogP contribution is 2.17. The van der Waals surface area contributed by atoms with Crippen molar-refractivity contribution in [1.82, 2.24) is 4.98 Å². The minimum atomic E-state index is 0.0220. The van der Waals surface area contributed by atoms with Gasteiger partial charge in [0.05, 0.1) is 12.8 Å². The SMILES string of the molecule is C[C@H](N)c1ccnc(N(C)Cc2ccco2)c1. The number of furan rings is 1. The van der Waals surface area contributed by atoms with E-state index in [9.17, 15) is 0 Å². The van der Waals surface area contributed by atoms with Crippen LogP contribution >= 0.6 is 0 Å². The molecule has 2 aromatic rings. The highest BCUT2D eigenvalue weighted by molar-refractivity contribution is 5.41. The Labute approximate surface area is 101 Å². The van der Waals surface area contributed by atoms with Gasteiger partial charge >= 0.3 is 0 Å². The Morgan fingerprint density at radius 3 is 2.94 bits per heavy atom. The molecule has 0 aliphatic heterocycles. The molecule has 1 atom stereocenters. The summed E-state index contributed by atoms with van der Waals surface area (Å²) in [5.41, 5.74) is 6.94.